The lowest BCUT2D eigenvalue weighted by Gasteiger charge is -2.05. The van der Waals surface area contributed by atoms with E-state index >= 15 is 0 Å². The van der Waals surface area contributed by atoms with Gasteiger partial charge in [-0.1, -0.05) is 23.7 Å². The standard InChI is InChI=1S/C22H12ClFO4/c23-15-5-1-13(2-6-15)11-20-21(25)18-10-9-17(12-19(18)28-20)27-22(26)14-3-7-16(24)8-4-14/h1-12H. The second-order valence-electron chi connectivity index (χ2n) is 6.05. The number of carbonyl (C=O) groups is 2. The quantitative estimate of drug-likeness (QED) is 0.343. The van der Waals surface area contributed by atoms with Crippen LogP contribution in [0.25, 0.3) is 6.08 Å². The number of ketones is 1. The Hall–Kier alpha value is -3.44. The van der Waals surface area contributed by atoms with Crippen LogP contribution in [0.3, 0.4) is 0 Å². The van der Waals surface area contributed by atoms with Gasteiger partial charge in [0.1, 0.15) is 17.3 Å². The second kappa shape index (κ2) is 7.29. The number of fused-ring (bicyclic) bond motifs is 1. The Morgan fingerprint density at radius 3 is 2.43 bits per heavy atom. The van der Waals surface area contributed by atoms with E-state index in [4.69, 9.17) is 21.1 Å². The first-order chi connectivity index (χ1) is 13.5. The molecule has 0 atom stereocenters. The Labute approximate surface area is 164 Å². The highest BCUT2D eigenvalue weighted by Gasteiger charge is 2.28. The van der Waals surface area contributed by atoms with E-state index in [9.17, 15) is 14.0 Å². The van der Waals surface area contributed by atoms with Gasteiger partial charge in [0.25, 0.3) is 0 Å². The van der Waals surface area contributed by atoms with Crippen molar-refractivity contribution in [1.82, 2.24) is 0 Å². The van der Waals surface area contributed by atoms with Crippen LogP contribution in [0, 0.1) is 5.82 Å². The molecule has 1 aliphatic heterocycles. The summed E-state index contributed by atoms with van der Waals surface area (Å²) in [5.41, 5.74) is 1.35. The Kier molecular flexibility index (Phi) is 4.67. The zero-order valence-corrected chi connectivity index (χ0v) is 15.1. The van der Waals surface area contributed by atoms with Crippen molar-refractivity contribution in [2.24, 2.45) is 0 Å². The minimum Gasteiger partial charge on any atom is -0.452 e. The van der Waals surface area contributed by atoms with Crippen LogP contribution in [0.5, 0.6) is 11.5 Å². The molecule has 3 aromatic carbocycles. The lowest BCUT2D eigenvalue weighted by Crippen LogP contribution is -2.08. The molecule has 0 fully saturated rings. The van der Waals surface area contributed by atoms with Crippen LogP contribution < -0.4 is 9.47 Å². The fourth-order valence-corrected chi connectivity index (χ4v) is 2.82. The first-order valence-corrected chi connectivity index (χ1v) is 8.69. The normalized spacial score (nSPS) is 13.9. The van der Waals surface area contributed by atoms with Crippen molar-refractivity contribution in [3.05, 3.63) is 100 Å². The topological polar surface area (TPSA) is 52.6 Å². The van der Waals surface area contributed by atoms with Gasteiger partial charge in [-0.25, -0.2) is 9.18 Å². The van der Waals surface area contributed by atoms with Crippen molar-refractivity contribution in [2.45, 2.75) is 0 Å². The fraction of sp³-hybridized carbons (Fsp3) is 0. The molecule has 4 nitrogen and oxygen atoms in total. The SMILES string of the molecule is O=C(Oc1ccc2c(c1)OC(=Cc1ccc(Cl)cc1)C2=O)c1ccc(F)cc1. The van der Waals surface area contributed by atoms with Gasteiger partial charge >= 0.3 is 5.97 Å². The molecular formula is C22H12ClFO4. The molecular weight excluding hydrogens is 383 g/mol. The molecule has 1 aliphatic rings. The third-order valence-corrected chi connectivity index (χ3v) is 4.35. The highest BCUT2D eigenvalue weighted by molar-refractivity contribution is 6.30. The van der Waals surface area contributed by atoms with E-state index in [1.807, 2.05) is 0 Å². The van der Waals surface area contributed by atoms with Gasteiger partial charge in [-0.2, -0.15) is 0 Å². The molecule has 6 heteroatoms. The maximum Gasteiger partial charge on any atom is 0.343 e. The van der Waals surface area contributed by atoms with Gasteiger partial charge < -0.3 is 9.47 Å². The van der Waals surface area contributed by atoms with E-state index in [-0.39, 0.29) is 22.9 Å². The van der Waals surface area contributed by atoms with Crippen LogP contribution >= 0.6 is 11.6 Å². The summed E-state index contributed by atoms with van der Waals surface area (Å²) in [6.45, 7) is 0. The number of halogens is 2. The summed E-state index contributed by atoms with van der Waals surface area (Å²) >= 11 is 5.86. The second-order valence-corrected chi connectivity index (χ2v) is 6.48. The molecule has 3 aromatic rings. The average Bonchev–Trinajstić information content (AvgIpc) is 2.99. The molecule has 0 aromatic heterocycles. The van der Waals surface area contributed by atoms with Crippen molar-refractivity contribution < 1.29 is 23.5 Å². The van der Waals surface area contributed by atoms with Gasteiger partial charge in [-0.3, -0.25) is 4.79 Å². The fourth-order valence-electron chi connectivity index (χ4n) is 2.69. The molecule has 0 unspecified atom stereocenters. The van der Waals surface area contributed by atoms with Crippen molar-refractivity contribution >= 4 is 29.4 Å². The van der Waals surface area contributed by atoms with Crippen LogP contribution in [0.4, 0.5) is 4.39 Å². The number of hydrogen-bond acceptors (Lipinski definition) is 4. The third kappa shape index (κ3) is 3.66. The Morgan fingerprint density at radius 2 is 1.71 bits per heavy atom. The molecule has 0 radical (unpaired) electrons. The molecule has 138 valence electrons. The van der Waals surface area contributed by atoms with Gasteiger partial charge in [-0.05, 0) is 60.2 Å². The zero-order valence-electron chi connectivity index (χ0n) is 14.3. The maximum absolute atomic E-state index is 13.0. The van der Waals surface area contributed by atoms with Crippen molar-refractivity contribution in [3.8, 4) is 11.5 Å². The summed E-state index contributed by atoms with van der Waals surface area (Å²) in [4.78, 5) is 24.6. The van der Waals surface area contributed by atoms with Crippen LogP contribution in [0.1, 0.15) is 26.3 Å². The summed E-state index contributed by atoms with van der Waals surface area (Å²) in [7, 11) is 0. The molecule has 4 rings (SSSR count). The summed E-state index contributed by atoms with van der Waals surface area (Å²) in [6, 6.07) is 16.5. The molecule has 0 N–H and O–H groups in total. The van der Waals surface area contributed by atoms with E-state index in [2.05, 4.69) is 0 Å². The number of Topliss-reactive ketones (excluding diaryl/α,β-unsaturated/α-hetero) is 1. The average molecular weight is 395 g/mol. The van der Waals surface area contributed by atoms with E-state index in [0.29, 0.717) is 16.3 Å². The van der Waals surface area contributed by atoms with Crippen molar-refractivity contribution in [2.75, 3.05) is 0 Å². The van der Waals surface area contributed by atoms with E-state index < -0.39 is 11.8 Å². The molecule has 0 aliphatic carbocycles. The summed E-state index contributed by atoms with van der Waals surface area (Å²) in [6.07, 6.45) is 1.61. The predicted molar refractivity (Wildman–Crippen MR) is 102 cm³/mol. The van der Waals surface area contributed by atoms with Gasteiger partial charge in [0.15, 0.2) is 5.76 Å². The number of ether oxygens (including phenoxy) is 2. The van der Waals surface area contributed by atoms with Gasteiger partial charge in [0.2, 0.25) is 5.78 Å². The number of benzene rings is 3. The van der Waals surface area contributed by atoms with Crippen LogP contribution in [-0.2, 0) is 0 Å². The number of esters is 1. The van der Waals surface area contributed by atoms with E-state index in [0.717, 1.165) is 5.56 Å². The lowest BCUT2D eigenvalue weighted by atomic mass is 10.1. The first kappa shape index (κ1) is 17.9. The summed E-state index contributed by atoms with van der Waals surface area (Å²) in [5.74, 6) is -0.661. The van der Waals surface area contributed by atoms with Gasteiger partial charge in [-0.15, -0.1) is 0 Å². The highest BCUT2D eigenvalue weighted by atomic mass is 35.5. The minimum absolute atomic E-state index is 0.166. The number of carbonyl (C=O) groups excluding carboxylic acids is 2. The molecule has 0 saturated heterocycles. The van der Waals surface area contributed by atoms with Crippen molar-refractivity contribution in [3.63, 3.8) is 0 Å². The number of allylic oxidation sites excluding steroid dienone is 1. The minimum atomic E-state index is -0.638. The molecule has 28 heavy (non-hydrogen) atoms. The molecule has 0 saturated carbocycles. The lowest BCUT2D eigenvalue weighted by molar-refractivity contribution is 0.0734. The number of rotatable bonds is 3. The predicted octanol–water partition coefficient (Wildman–Crippen LogP) is 5.31. The van der Waals surface area contributed by atoms with Crippen molar-refractivity contribution in [1.29, 1.82) is 0 Å². The summed E-state index contributed by atoms with van der Waals surface area (Å²) < 4.78 is 23.9. The van der Waals surface area contributed by atoms with Gasteiger partial charge in [0, 0.05) is 11.1 Å². The van der Waals surface area contributed by atoms with Gasteiger partial charge in [0.05, 0.1) is 11.1 Å². The Morgan fingerprint density at radius 1 is 1.00 bits per heavy atom. The van der Waals surface area contributed by atoms with Crippen LogP contribution in [0.2, 0.25) is 5.02 Å². The largest absolute Gasteiger partial charge is 0.452 e. The third-order valence-electron chi connectivity index (χ3n) is 4.10. The molecule has 0 spiro atoms. The molecule has 0 bridgehead atoms. The Bertz CT molecular complexity index is 1100. The molecule has 1 heterocycles. The van der Waals surface area contributed by atoms with Crippen LogP contribution in [-0.4, -0.2) is 11.8 Å². The summed E-state index contributed by atoms with van der Waals surface area (Å²) in [5, 5.41) is 0.594. The Balaban J connectivity index is 1.54. The first-order valence-electron chi connectivity index (χ1n) is 8.31. The zero-order chi connectivity index (χ0) is 19.7. The van der Waals surface area contributed by atoms with E-state index in [1.54, 1.807) is 30.3 Å². The van der Waals surface area contributed by atoms with Crippen LogP contribution in [0.15, 0.2) is 72.5 Å². The highest BCUT2D eigenvalue weighted by Crippen LogP contribution is 2.35. The monoisotopic (exact) mass is 394 g/mol. The maximum atomic E-state index is 13.0. The molecule has 0 amide bonds. The van der Waals surface area contributed by atoms with E-state index in [1.165, 1.54) is 42.5 Å². The number of hydrogen-bond donors (Lipinski definition) is 0. The smallest absolute Gasteiger partial charge is 0.343 e.